The van der Waals surface area contributed by atoms with E-state index in [9.17, 15) is 0 Å². The fourth-order valence-electron chi connectivity index (χ4n) is 2.56. The van der Waals surface area contributed by atoms with Gasteiger partial charge in [-0.15, -0.1) is 11.8 Å². The van der Waals surface area contributed by atoms with Gasteiger partial charge >= 0.3 is 0 Å². The van der Waals surface area contributed by atoms with Gasteiger partial charge in [-0.25, -0.2) is 0 Å². The molecule has 134 valence electrons. The van der Waals surface area contributed by atoms with Gasteiger partial charge in [0.25, 0.3) is 0 Å². The predicted molar refractivity (Wildman–Crippen MR) is 115 cm³/mol. The van der Waals surface area contributed by atoms with E-state index in [1.165, 1.54) is 11.3 Å². The van der Waals surface area contributed by atoms with Gasteiger partial charge in [0.05, 0.1) is 16.6 Å². The Hall–Kier alpha value is -1.78. The van der Waals surface area contributed by atoms with E-state index < -0.39 is 0 Å². The van der Waals surface area contributed by atoms with E-state index in [1.54, 1.807) is 11.8 Å². The van der Waals surface area contributed by atoms with Crippen LogP contribution in [0.15, 0.2) is 53.9 Å². The minimum atomic E-state index is 0.743. The highest BCUT2D eigenvalue weighted by atomic mass is 35.5. The summed E-state index contributed by atoms with van der Waals surface area (Å²) in [4.78, 5) is 2.34. The summed E-state index contributed by atoms with van der Waals surface area (Å²) in [5, 5.41) is 9.49. The lowest BCUT2D eigenvalue weighted by molar-refractivity contribution is 0.866. The van der Waals surface area contributed by atoms with Gasteiger partial charge in [-0.3, -0.25) is 0 Å². The van der Waals surface area contributed by atoms with Crippen molar-refractivity contribution in [2.24, 2.45) is 0 Å². The molecule has 0 saturated heterocycles. The number of anilines is 2. The maximum atomic E-state index is 6.15. The second-order valence-electron chi connectivity index (χ2n) is 5.47. The van der Waals surface area contributed by atoms with E-state index in [0.29, 0.717) is 0 Å². The first-order valence-corrected chi connectivity index (χ1v) is 9.95. The molecular formula is C20H26ClN3S. The summed E-state index contributed by atoms with van der Waals surface area (Å²) < 4.78 is 0. The molecule has 0 aromatic heterocycles. The fourth-order valence-corrected chi connectivity index (χ4v) is 3.51. The fraction of sp³-hybridized carbons (Fsp3) is 0.300. The topological polar surface area (TPSA) is 27.3 Å². The van der Waals surface area contributed by atoms with Crippen LogP contribution in [0.3, 0.4) is 0 Å². The van der Waals surface area contributed by atoms with Crippen LogP contribution in [0.4, 0.5) is 11.4 Å². The third-order valence-corrected chi connectivity index (χ3v) is 5.04. The van der Waals surface area contributed by atoms with Crippen LogP contribution in [0.2, 0.25) is 5.02 Å². The Kier molecular flexibility index (Phi) is 8.02. The first-order valence-electron chi connectivity index (χ1n) is 8.52. The zero-order chi connectivity index (χ0) is 18.1. The van der Waals surface area contributed by atoms with Crippen LogP contribution in [0.25, 0.3) is 5.70 Å². The highest BCUT2D eigenvalue weighted by Gasteiger charge is 2.04. The highest BCUT2D eigenvalue weighted by Crippen LogP contribution is 2.23. The zero-order valence-corrected chi connectivity index (χ0v) is 16.6. The molecule has 0 heterocycles. The minimum absolute atomic E-state index is 0.743. The quantitative estimate of drug-likeness (QED) is 0.446. The molecule has 0 aliphatic carbocycles. The third-order valence-electron chi connectivity index (χ3n) is 4.00. The maximum Gasteiger partial charge on any atom is 0.0652 e. The molecule has 0 unspecified atom stereocenters. The van der Waals surface area contributed by atoms with E-state index in [1.807, 2.05) is 31.3 Å². The molecule has 3 nitrogen and oxygen atoms in total. The van der Waals surface area contributed by atoms with Gasteiger partial charge in [0.2, 0.25) is 0 Å². The summed E-state index contributed by atoms with van der Waals surface area (Å²) in [5.41, 5.74) is 4.51. The second kappa shape index (κ2) is 10.3. The Labute approximate surface area is 160 Å². The van der Waals surface area contributed by atoms with E-state index in [4.69, 9.17) is 11.6 Å². The van der Waals surface area contributed by atoms with E-state index in [2.05, 4.69) is 59.1 Å². The largest absolute Gasteiger partial charge is 0.387 e. The average molecular weight is 376 g/mol. The summed E-state index contributed by atoms with van der Waals surface area (Å²) in [5.74, 6) is 0.756. The molecule has 0 aliphatic heterocycles. The molecule has 0 atom stereocenters. The number of rotatable bonds is 9. The Bertz CT molecular complexity index is 682. The average Bonchev–Trinajstić information content (AvgIpc) is 2.65. The van der Waals surface area contributed by atoms with Crippen LogP contribution in [-0.2, 0) is 0 Å². The van der Waals surface area contributed by atoms with Crippen molar-refractivity contribution in [3.8, 4) is 0 Å². The van der Waals surface area contributed by atoms with Crippen LogP contribution < -0.4 is 15.5 Å². The number of nitrogens with zero attached hydrogens (tertiary/aromatic N) is 1. The Morgan fingerprint density at radius 1 is 1.08 bits per heavy atom. The molecule has 0 saturated carbocycles. The molecular weight excluding hydrogens is 350 g/mol. The number of benzene rings is 2. The van der Waals surface area contributed by atoms with Gasteiger partial charge in [-0.1, -0.05) is 35.9 Å². The van der Waals surface area contributed by atoms with E-state index in [0.717, 1.165) is 35.4 Å². The predicted octanol–water partition coefficient (Wildman–Crippen LogP) is 5.51. The summed E-state index contributed by atoms with van der Waals surface area (Å²) in [7, 11) is 1.95. The SMILES string of the molecule is CCN(CC)c1ccc(/C(=C/SCNc2ccccc2Cl)NC)cc1. The Balaban J connectivity index is 1.96. The van der Waals surface area contributed by atoms with Gasteiger partial charge in [0.15, 0.2) is 0 Å². The molecule has 0 radical (unpaired) electrons. The highest BCUT2D eigenvalue weighted by molar-refractivity contribution is 8.02. The lowest BCUT2D eigenvalue weighted by Gasteiger charge is -2.21. The van der Waals surface area contributed by atoms with Crippen LogP contribution in [0.1, 0.15) is 19.4 Å². The van der Waals surface area contributed by atoms with Crippen molar-refractivity contribution in [1.29, 1.82) is 0 Å². The number of thioether (sulfide) groups is 1. The second-order valence-corrected chi connectivity index (χ2v) is 6.73. The molecule has 2 N–H and O–H groups in total. The van der Waals surface area contributed by atoms with Crippen molar-refractivity contribution in [3.63, 3.8) is 0 Å². The molecule has 2 aromatic carbocycles. The van der Waals surface area contributed by atoms with Gasteiger partial charge in [-0.2, -0.15) is 0 Å². The molecule has 0 bridgehead atoms. The normalized spacial score (nSPS) is 11.3. The minimum Gasteiger partial charge on any atom is -0.387 e. The summed E-state index contributed by atoms with van der Waals surface area (Å²) in [6.45, 7) is 6.40. The number of hydrogen-bond donors (Lipinski definition) is 2. The van der Waals surface area contributed by atoms with Gasteiger partial charge in [0, 0.05) is 31.5 Å². The van der Waals surface area contributed by atoms with Crippen molar-refractivity contribution in [1.82, 2.24) is 5.32 Å². The molecule has 25 heavy (non-hydrogen) atoms. The summed E-state index contributed by atoms with van der Waals surface area (Å²) in [6.07, 6.45) is 0. The van der Waals surface area contributed by atoms with Crippen LogP contribution >= 0.6 is 23.4 Å². The Morgan fingerprint density at radius 2 is 1.76 bits per heavy atom. The van der Waals surface area contributed by atoms with Crippen LogP contribution in [0.5, 0.6) is 0 Å². The molecule has 0 amide bonds. The monoisotopic (exact) mass is 375 g/mol. The van der Waals surface area contributed by atoms with E-state index in [-0.39, 0.29) is 0 Å². The van der Waals surface area contributed by atoms with E-state index >= 15 is 0 Å². The molecule has 0 spiro atoms. The summed E-state index contributed by atoms with van der Waals surface area (Å²) >= 11 is 7.85. The molecule has 5 heteroatoms. The van der Waals surface area contributed by atoms with Crippen LogP contribution in [-0.4, -0.2) is 26.0 Å². The standard InChI is InChI=1S/C20H26ClN3S/c1-4-24(5-2)17-12-10-16(11-13-17)20(22-3)14-25-15-23-19-9-7-6-8-18(19)21/h6-14,22-23H,4-5,15H2,1-3H3/b20-14-. The molecule has 0 aliphatic rings. The molecule has 2 rings (SSSR count). The summed E-state index contributed by atoms with van der Waals surface area (Å²) in [6, 6.07) is 16.5. The lowest BCUT2D eigenvalue weighted by atomic mass is 10.1. The number of hydrogen-bond acceptors (Lipinski definition) is 4. The van der Waals surface area contributed by atoms with Crippen molar-refractivity contribution in [3.05, 3.63) is 64.5 Å². The lowest BCUT2D eigenvalue weighted by Crippen LogP contribution is -2.21. The Morgan fingerprint density at radius 3 is 2.36 bits per heavy atom. The maximum absolute atomic E-state index is 6.15. The van der Waals surface area contributed by atoms with Gasteiger partial charge in [-0.05, 0) is 49.1 Å². The molecule has 2 aromatic rings. The third kappa shape index (κ3) is 5.62. The van der Waals surface area contributed by atoms with Crippen molar-refractivity contribution < 1.29 is 0 Å². The van der Waals surface area contributed by atoms with Gasteiger partial charge in [0.1, 0.15) is 0 Å². The molecule has 0 fully saturated rings. The van der Waals surface area contributed by atoms with Crippen molar-refractivity contribution >= 4 is 40.4 Å². The first-order chi connectivity index (χ1) is 12.2. The van der Waals surface area contributed by atoms with Gasteiger partial charge < -0.3 is 15.5 Å². The van der Waals surface area contributed by atoms with Crippen LogP contribution in [0, 0.1) is 0 Å². The first kappa shape index (κ1) is 19.5. The van der Waals surface area contributed by atoms with Crippen molar-refractivity contribution in [2.75, 3.05) is 36.2 Å². The number of para-hydroxylation sites is 1. The smallest absolute Gasteiger partial charge is 0.0652 e. The van der Waals surface area contributed by atoms with Crippen molar-refractivity contribution in [2.45, 2.75) is 13.8 Å². The number of halogens is 1. The number of nitrogens with one attached hydrogen (secondary N) is 2. The zero-order valence-electron chi connectivity index (χ0n) is 15.1.